The molecule has 1 heterocycles. The van der Waals surface area contributed by atoms with Crippen LogP contribution >= 0.6 is 0 Å². The van der Waals surface area contributed by atoms with Gasteiger partial charge in [0.05, 0.1) is 11.1 Å². The third kappa shape index (κ3) is 1.80. The molecular formula is C20H18O4. The molecule has 0 saturated carbocycles. The molecule has 0 saturated heterocycles. The molecule has 1 atom stereocenters. The molecule has 2 aliphatic rings. The molecule has 1 N–H and O–H groups in total. The highest BCUT2D eigenvalue weighted by Gasteiger charge is 2.47. The molecule has 122 valence electrons. The minimum Gasteiger partial charge on any atom is -0.507 e. The third-order valence-corrected chi connectivity index (χ3v) is 4.85. The highest BCUT2D eigenvalue weighted by molar-refractivity contribution is 6.26. The van der Waals surface area contributed by atoms with Crippen molar-refractivity contribution >= 4 is 28.6 Å². The number of phenolic OH excluding ortho intramolecular Hbond substituents is 1. The van der Waals surface area contributed by atoms with Crippen LogP contribution in [0, 0.1) is 5.92 Å². The van der Waals surface area contributed by atoms with Crippen molar-refractivity contribution in [1.82, 2.24) is 0 Å². The maximum absolute atomic E-state index is 12.6. The first-order valence-electron chi connectivity index (χ1n) is 8.11. The van der Waals surface area contributed by atoms with Crippen LogP contribution in [0.3, 0.4) is 0 Å². The third-order valence-electron chi connectivity index (χ3n) is 4.85. The van der Waals surface area contributed by atoms with E-state index < -0.39 is 11.6 Å². The molecule has 0 amide bonds. The van der Waals surface area contributed by atoms with E-state index in [1.165, 1.54) is 6.08 Å². The van der Waals surface area contributed by atoms with Crippen LogP contribution in [0.1, 0.15) is 59.0 Å². The van der Waals surface area contributed by atoms with Crippen molar-refractivity contribution in [2.45, 2.75) is 32.8 Å². The molecular weight excluding hydrogens is 304 g/mol. The van der Waals surface area contributed by atoms with E-state index in [9.17, 15) is 14.7 Å². The number of hydrogen-bond donors (Lipinski definition) is 1. The number of ether oxygens (including phenoxy) is 1. The Morgan fingerprint density at radius 3 is 2.62 bits per heavy atom. The lowest BCUT2D eigenvalue weighted by molar-refractivity contribution is -0.00927. The van der Waals surface area contributed by atoms with Gasteiger partial charge in [-0.3, -0.25) is 4.79 Å². The fourth-order valence-corrected chi connectivity index (χ4v) is 4.13. The summed E-state index contributed by atoms with van der Waals surface area (Å²) in [6, 6.07) is 5.49. The minimum absolute atomic E-state index is 0.0442. The van der Waals surface area contributed by atoms with Crippen LogP contribution in [-0.4, -0.2) is 16.9 Å². The molecule has 0 fully saturated rings. The zero-order chi connectivity index (χ0) is 17.2. The Labute approximate surface area is 139 Å². The molecule has 24 heavy (non-hydrogen) atoms. The topological polar surface area (TPSA) is 63.6 Å². The van der Waals surface area contributed by atoms with Crippen molar-refractivity contribution in [3.05, 3.63) is 46.5 Å². The van der Waals surface area contributed by atoms with Gasteiger partial charge in [0.25, 0.3) is 0 Å². The number of aromatic hydroxyl groups is 1. The van der Waals surface area contributed by atoms with Gasteiger partial charge in [-0.2, -0.15) is 0 Å². The number of rotatable bonds is 2. The summed E-state index contributed by atoms with van der Waals surface area (Å²) in [7, 11) is 0. The molecule has 4 heteroatoms. The predicted molar refractivity (Wildman–Crippen MR) is 91.2 cm³/mol. The number of ketones is 1. The maximum Gasteiger partial charge on any atom is 0.340 e. The number of benzene rings is 2. The van der Waals surface area contributed by atoms with Gasteiger partial charge in [0, 0.05) is 16.3 Å². The summed E-state index contributed by atoms with van der Waals surface area (Å²) < 4.78 is 5.66. The zero-order valence-electron chi connectivity index (χ0n) is 13.8. The molecule has 1 aliphatic carbocycles. The van der Waals surface area contributed by atoms with E-state index in [1.807, 2.05) is 32.9 Å². The molecule has 4 rings (SSSR count). The first-order chi connectivity index (χ1) is 11.3. The van der Waals surface area contributed by atoms with E-state index in [1.54, 1.807) is 12.1 Å². The molecule has 1 aliphatic heterocycles. The Bertz CT molecular complexity index is 952. The quantitative estimate of drug-likeness (QED) is 0.842. The number of phenols is 1. The molecule has 0 aromatic heterocycles. The summed E-state index contributed by atoms with van der Waals surface area (Å²) in [4.78, 5) is 25.2. The van der Waals surface area contributed by atoms with E-state index in [0.717, 1.165) is 5.56 Å². The largest absolute Gasteiger partial charge is 0.507 e. The predicted octanol–water partition coefficient (Wildman–Crippen LogP) is 4.19. The Hall–Kier alpha value is -2.62. The molecule has 4 nitrogen and oxygen atoms in total. The van der Waals surface area contributed by atoms with Gasteiger partial charge in [0.2, 0.25) is 0 Å². The number of carbonyl (C=O) groups excluding carboxylic acids is 2. The van der Waals surface area contributed by atoms with Crippen LogP contribution < -0.4 is 0 Å². The summed E-state index contributed by atoms with van der Waals surface area (Å²) in [6.07, 6.45) is 3.77. The van der Waals surface area contributed by atoms with Gasteiger partial charge in [0.15, 0.2) is 5.78 Å². The SMILES string of the molecule is CC(C)CC1(C)OC(=O)c2c1c(O)c1cccc3c1c2C(=O)C=C3. The van der Waals surface area contributed by atoms with Gasteiger partial charge in [-0.05, 0) is 30.9 Å². The van der Waals surface area contributed by atoms with Crippen LogP contribution in [0.2, 0.25) is 0 Å². The second-order valence-corrected chi connectivity index (χ2v) is 7.16. The summed E-state index contributed by atoms with van der Waals surface area (Å²) in [5.41, 5.74) is 0.931. The van der Waals surface area contributed by atoms with Crippen molar-refractivity contribution in [3.63, 3.8) is 0 Å². The van der Waals surface area contributed by atoms with Crippen molar-refractivity contribution in [2.75, 3.05) is 0 Å². The average Bonchev–Trinajstić information content (AvgIpc) is 2.76. The Balaban J connectivity index is 2.16. The van der Waals surface area contributed by atoms with Crippen molar-refractivity contribution in [1.29, 1.82) is 0 Å². The van der Waals surface area contributed by atoms with Gasteiger partial charge < -0.3 is 9.84 Å². The van der Waals surface area contributed by atoms with Crippen molar-refractivity contribution in [3.8, 4) is 5.75 Å². The number of carbonyl (C=O) groups is 2. The molecule has 0 radical (unpaired) electrons. The fraction of sp³-hybridized carbons (Fsp3) is 0.300. The molecule has 0 spiro atoms. The zero-order valence-corrected chi connectivity index (χ0v) is 13.8. The van der Waals surface area contributed by atoms with Gasteiger partial charge in [-0.15, -0.1) is 0 Å². The average molecular weight is 322 g/mol. The molecule has 2 aromatic rings. The van der Waals surface area contributed by atoms with Gasteiger partial charge in [-0.1, -0.05) is 38.1 Å². The fourth-order valence-electron chi connectivity index (χ4n) is 4.13. The van der Waals surface area contributed by atoms with Crippen molar-refractivity contribution < 1.29 is 19.4 Å². The molecule has 1 unspecified atom stereocenters. The molecule has 2 aromatic carbocycles. The first kappa shape index (κ1) is 14.9. The standard InChI is InChI=1S/C20H18O4/c1-10(2)9-20(3)17-16(19(23)24-20)15-13(21)8-7-11-5-4-6-12(14(11)15)18(17)22/h4-8,10,22H,9H2,1-3H3. The smallest absolute Gasteiger partial charge is 0.340 e. The summed E-state index contributed by atoms with van der Waals surface area (Å²) in [5.74, 6) is -0.440. The Morgan fingerprint density at radius 1 is 1.17 bits per heavy atom. The normalized spacial score (nSPS) is 21.5. The van der Waals surface area contributed by atoms with Crippen LogP contribution in [0.5, 0.6) is 5.75 Å². The van der Waals surface area contributed by atoms with E-state index in [4.69, 9.17) is 4.74 Å². The van der Waals surface area contributed by atoms with Crippen molar-refractivity contribution in [2.24, 2.45) is 5.92 Å². The number of cyclic esters (lactones) is 1. The summed E-state index contributed by atoms with van der Waals surface area (Å²) in [5, 5.41) is 12.1. The number of fused-ring (bicyclic) bond motifs is 2. The van der Waals surface area contributed by atoms with Crippen LogP contribution in [0.25, 0.3) is 16.8 Å². The van der Waals surface area contributed by atoms with Crippen LogP contribution in [-0.2, 0) is 10.3 Å². The van der Waals surface area contributed by atoms with E-state index >= 15 is 0 Å². The lowest BCUT2D eigenvalue weighted by atomic mass is 9.80. The highest BCUT2D eigenvalue weighted by Crippen LogP contribution is 2.51. The first-order valence-corrected chi connectivity index (χ1v) is 8.11. The van der Waals surface area contributed by atoms with Crippen LogP contribution in [0.4, 0.5) is 0 Å². The van der Waals surface area contributed by atoms with E-state index in [0.29, 0.717) is 28.3 Å². The highest BCUT2D eigenvalue weighted by atomic mass is 16.6. The molecule has 0 bridgehead atoms. The summed E-state index contributed by atoms with van der Waals surface area (Å²) >= 11 is 0. The number of allylic oxidation sites excluding steroid dienone is 1. The van der Waals surface area contributed by atoms with Crippen LogP contribution in [0.15, 0.2) is 24.3 Å². The number of hydrogen-bond acceptors (Lipinski definition) is 4. The Morgan fingerprint density at radius 2 is 1.92 bits per heavy atom. The number of esters is 1. The summed E-state index contributed by atoms with van der Waals surface area (Å²) in [6.45, 7) is 5.87. The maximum atomic E-state index is 12.6. The van der Waals surface area contributed by atoms with Gasteiger partial charge in [-0.25, -0.2) is 4.79 Å². The Kier molecular flexibility index (Phi) is 2.92. The lowest BCUT2D eigenvalue weighted by Gasteiger charge is -2.27. The monoisotopic (exact) mass is 322 g/mol. The van der Waals surface area contributed by atoms with Gasteiger partial charge in [0.1, 0.15) is 11.4 Å². The second kappa shape index (κ2) is 4.69. The lowest BCUT2D eigenvalue weighted by Crippen LogP contribution is -2.24. The van der Waals surface area contributed by atoms with E-state index in [-0.39, 0.29) is 23.0 Å². The second-order valence-electron chi connectivity index (χ2n) is 7.16. The van der Waals surface area contributed by atoms with Gasteiger partial charge >= 0.3 is 5.97 Å². The van der Waals surface area contributed by atoms with E-state index in [2.05, 4.69) is 0 Å². The minimum atomic E-state index is -0.924.